The van der Waals surface area contributed by atoms with Crippen LogP contribution in [0.5, 0.6) is 0 Å². The van der Waals surface area contributed by atoms with E-state index in [0.29, 0.717) is 6.04 Å². The minimum Gasteiger partial charge on any atom is -0.380 e. The molecule has 0 aromatic rings. The molecule has 1 atom stereocenters. The SMILES string of the molecule is CCOCC(C)N1CCCNCC1. The lowest BCUT2D eigenvalue weighted by Gasteiger charge is -2.26. The average Bonchev–Trinajstić information content (AvgIpc) is 2.42. The van der Waals surface area contributed by atoms with Gasteiger partial charge in [-0.2, -0.15) is 0 Å². The molecule has 0 aromatic carbocycles. The van der Waals surface area contributed by atoms with Crippen LogP contribution in [0.4, 0.5) is 0 Å². The van der Waals surface area contributed by atoms with Crippen molar-refractivity contribution in [3.05, 3.63) is 0 Å². The predicted octanol–water partition coefficient (Wildman–Crippen LogP) is 0.707. The molecule has 0 saturated carbocycles. The largest absolute Gasteiger partial charge is 0.380 e. The molecular weight excluding hydrogens is 164 g/mol. The number of hydrogen-bond donors (Lipinski definition) is 1. The van der Waals surface area contributed by atoms with Gasteiger partial charge in [0.1, 0.15) is 0 Å². The minimum absolute atomic E-state index is 0.569. The first-order valence-corrected chi connectivity index (χ1v) is 5.37. The maximum absolute atomic E-state index is 5.43. The Morgan fingerprint density at radius 1 is 1.38 bits per heavy atom. The van der Waals surface area contributed by atoms with Gasteiger partial charge in [0.2, 0.25) is 0 Å². The molecule has 3 nitrogen and oxygen atoms in total. The predicted molar refractivity (Wildman–Crippen MR) is 55.0 cm³/mol. The molecule has 1 aliphatic heterocycles. The van der Waals surface area contributed by atoms with E-state index in [1.807, 2.05) is 0 Å². The van der Waals surface area contributed by atoms with Crippen LogP contribution in [0.3, 0.4) is 0 Å². The maximum Gasteiger partial charge on any atom is 0.0618 e. The summed E-state index contributed by atoms with van der Waals surface area (Å²) in [6.07, 6.45) is 1.26. The Morgan fingerprint density at radius 2 is 2.23 bits per heavy atom. The summed E-state index contributed by atoms with van der Waals surface area (Å²) in [5.74, 6) is 0. The van der Waals surface area contributed by atoms with Crippen LogP contribution in [-0.2, 0) is 4.74 Å². The van der Waals surface area contributed by atoms with E-state index in [9.17, 15) is 0 Å². The molecule has 0 amide bonds. The lowest BCUT2D eigenvalue weighted by Crippen LogP contribution is -2.38. The Labute approximate surface area is 81.4 Å². The van der Waals surface area contributed by atoms with Crippen molar-refractivity contribution in [2.24, 2.45) is 0 Å². The summed E-state index contributed by atoms with van der Waals surface area (Å²) >= 11 is 0. The van der Waals surface area contributed by atoms with E-state index in [-0.39, 0.29) is 0 Å². The summed E-state index contributed by atoms with van der Waals surface area (Å²) in [5.41, 5.74) is 0. The lowest BCUT2D eigenvalue weighted by atomic mass is 10.3. The van der Waals surface area contributed by atoms with Gasteiger partial charge in [-0.25, -0.2) is 0 Å². The molecule has 0 aliphatic carbocycles. The zero-order chi connectivity index (χ0) is 9.52. The molecule has 3 heteroatoms. The number of hydrogen-bond acceptors (Lipinski definition) is 3. The Kier molecular flexibility index (Phi) is 5.35. The van der Waals surface area contributed by atoms with Crippen LogP contribution in [0.1, 0.15) is 20.3 Å². The van der Waals surface area contributed by atoms with Crippen molar-refractivity contribution < 1.29 is 4.74 Å². The highest BCUT2D eigenvalue weighted by molar-refractivity contribution is 4.71. The maximum atomic E-state index is 5.43. The van der Waals surface area contributed by atoms with Crippen molar-refractivity contribution in [2.75, 3.05) is 39.4 Å². The van der Waals surface area contributed by atoms with E-state index >= 15 is 0 Å². The fraction of sp³-hybridized carbons (Fsp3) is 1.00. The topological polar surface area (TPSA) is 24.5 Å². The highest BCUT2D eigenvalue weighted by Gasteiger charge is 2.14. The second-order valence-electron chi connectivity index (χ2n) is 3.65. The standard InChI is InChI=1S/C10H22N2O/c1-3-13-9-10(2)12-7-4-5-11-6-8-12/h10-11H,3-9H2,1-2H3. The normalized spacial score (nSPS) is 22.6. The van der Waals surface area contributed by atoms with E-state index in [4.69, 9.17) is 4.74 Å². The van der Waals surface area contributed by atoms with E-state index in [0.717, 1.165) is 32.8 Å². The van der Waals surface area contributed by atoms with Crippen LogP contribution in [-0.4, -0.2) is 50.3 Å². The van der Waals surface area contributed by atoms with E-state index < -0.39 is 0 Å². The first kappa shape index (κ1) is 11.0. The molecule has 1 saturated heterocycles. The van der Waals surface area contributed by atoms with Gasteiger partial charge < -0.3 is 10.1 Å². The summed E-state index contributed by atoms with van der Waals surface area (Å²) in [6.45, 7) is 10.7. The number of nitrogens with one attached hydrogen (secondary N) is 1. The van der Waals surface area contributed by atoms with Crippen LogP contribution in [0.25, 0.3) is 0 Å². The molecule has 0 bridgehead atoms. The highest BCUT2D eigenvalue weighted by Crippen LogP contribution is 2.02. The second-order valence-corrected chi connectivity index (χ2v) is 3.65. The van der Waals surface area contributed by atoms with E-state index in [1.54, 1.807) is 0 Å². The molecule has 1 heterocycles. The van der Waals surface area contributed by atoms with E-state index in [1.165, 1.54) is 13.0 Å². The van der Waals surface area contributed by atoms with Gasteiger partial charge in [-0.1, -0.05) is 0 Å². The Morgan fingerprint density at radius 3 is 3.00 bits per heavy atom. The third kappa shape index (κ3) is 4.07. The number of rotatable bonds is 4. The van der Waals surface area contributed by atoms with Crippen molar-refractivity contribution in [1.29, 1.82) is 0 Å². The molecule has 1 fully saturated rings. The molecule has 0 spiro atoms. The minimum atomic E-state index is 0.569. The fourth-order valence-corrected chi connectivity index (χ4v) is 1.70. The Bertz CT molecular complexity index is 122. The van der Waals surface area contributed by atoms with Crippen molar-refractivity contribution >= 4 is 0 Å². The lowest BCUT2D eigenvalue weighted by molar-refractivity contribution is 0.0765. The second kappa shape index (κ2) is 6.35. The molecule has 1 unspecified atom stereocenters. The van der Waals surface area contributed by atoms with Gasteiger partial charge in [0.15, 0.2) is 0 Å². The monoisotopic (exact) mass is 186 g/mol. The molecule has 13 heavy (non-hydrogen) atoms. The van der Waals surface area contributed by atoms with Gasteiger partial charge >= 0.3 is 0 Å². The average molecular weight is 186 g/mol. The Hall–Kier alpha value is -0.120. The van der Waals surface area contributed by atoms with Crippen LogP contribution in [0.2, 0.25) is 0 Å². The molecular formula is C10H22N2O. The van der Waals surface area contributed by atoms with Crippen molar-refractivity contribution in [2.45, 2.75) is 26.3 Å². The zero-order valence-electron chi connectivity index (χ0n) is 8.88. The van der Waals surface area contributed by atoms with Crippen LogP contribution in [0, 0.1) is 0 Å². The summed E-state index contributed by atoms with van der Waals surface area (Å²) in [5, 5.41) is 3.41. The van der Waals surface area contributed by atoms with E-state index in [2.05, 4.69) is 24.1 Å². The summed E-state index contributed by atoms with van der Waals surface area (Å²) in [4.78, 5) is 2.51. The third-order valence-corrected chi connectivity index (χ3v) is 2.56. The van der Waals surface area contributed by atoms with Crippen molar-refractivity contribution in [3.63, 3.8) is 0 Å². The quantitative estimate of drug-likeness (QED) is 0.699. The smallest absolute Gasteiger partial charge is 0.0618 e. The zero-order valence-corrected chi connectivity index (χ0v) is 8.88. The van der Waals surface area contributed by atoms with Crippen LogP contribution < -0.4 is 5.32 Å². The molecule has 1 rings (SSSR count). The van der Waals surface area contributed by atoms with Gasteiger partial charge in [-0.05, 0) is 33.4 Å². The third-order valence-electron chi connectivity index (χ3n) is 2.56. The molecule has 0 aromatic heterocycles. The molecule has 0 radical (unpaired) electrons. The first-order chi connectivity index (χ1) is 6.34. The van der Waals surface area contributed by atoms with Gasteiger partial charge in [0.05, 0.1) is 6.61 Å². The summed E-state index contributed by atoms with van der Waals surface area (Å²) in [7, 11) is 0. The van der Waals surface area contributed by atoms with Gasteiger partial charge in [0.25, 0.3) is 0 Å². The molecule has 78 valence electrons. The van der Waals surface area contributed by atoms with Crippen LogP contribution >= 0.6 is 0 Å². The van der Waals surface area contributed by atoms with Gasteiger partial charge in [-0.3, -0.25) is 4.90 Å². The fourth-order valence-electron chi connectivity index (χ4n) is 1.70. The summed E-state index contributed by atoms with van der Waals surface area (Å²) < 4.78 is 5.43. The van der Waals surface area contributed by atoms with Crippen molar-refractivity contribution in [1.82, 2.24) is 10.2 Å². The summed E-state index contributed by atoms with van der Waals surface area (Å²) in [6, 6.07) is 0.569. The Balaban J connectivity index is 2.22. The highest BCUT2D eigenvalue weighted by atomic mass is 16.5. The molecule has 1 N–H and O–H groups in total. The van der Waals surface area contributed by atoms with Gasteiger partial charge in [0, 0.05) is 25.7 Å². The van der Waals surface area contributed by atoms with Crippen molar-refractivity contribution in [3.8, 4) is 0 Å². The molecule has 1 aliphatic rings. The van der Waals surface area contributed by atoms with Gasteiger partial charge in [-0.15, -0.1) is 0 Å². The number of ether oxygens (including phenoxy) is 1. The number of nitrogens with zero attached hydrogens (tertiary/aromatic N) is 1. The first-order valence-electron chi connectivity index (χ1n) is 5.37. The van der Waals surface area contributed by atoms with Crippen LogP contribution in [0.15, 0.2) is 0 Å².